The second-order valence-corrected chi connectivity index (χ2v) is 5.60. The molecule has 2 fully saturated rings. The summed E-state index contributed by atoms with van der Waals surface area (Å²) in [5, 5.41) is 0. The van der Waals surface area contributed by atoms with Crippen molar-refractivity contribution in [1.82, 2.24) is 9.80 Å². The highest BCUT2D eigenvalue weighted by atomic mass is 16.2. The molecule has 2 amide bonds. The summed E-state index contributed by atoms with van der Waals surface area (Å²) in [6.07, 6.45) is 3.14. The van der Waals surface area contributed by atoms with Crippen molar-refractivity contribution in [2.45, 2.75) is 19.3 Å². The van der Waals surface area contributed by atoms with E-state index in [1.54, 1.807) is 0 Å². The van der Waals surface area contributed by atoms with Gasteiger partial charge in [-0.3, -0.25) is 14.5 Å². The molecule has 17 heavy (non-hydrogen) atoms. The van der Waals surface area contributed by atoms with E-state index >= 15 is 0 Å². The Morgan fingerprint density at radius 2 is 2.12 bits per heavy atom. The highest BCUT2D eigenvalue weighted by Crippen LogP contribution is 2.52. The molecule has 2 bridgehead atoms. The number of likely N-dealkylation sites (tertiary alicyclic amines) is 1. The fraction of sp³-hybridized carbons (Fsp3) is 0.692. The highest BCUT2D eigenvalue weighted by Gasteiger charge is 2.53. The fourth-order valence-electron chi connectivity index (χ4n) is 3.40. The quantitative estimate of drug-likeness (QED) is 0.673. The maximum absolute atomic E-state index is 12.3. The molecule has 1 saturated carbocycles. The maximum Gasteiger partial charge on any atom is 0.257 e. The number of imide groups is 1. The zero-order valence-corrected chi connectivity index (χ0v) is 10.4. The molecule has 0 aromatic rings. The molecule has 0 radical (unpaired) electrons. The van der Waals surface area contributed by atoms with E-state index < -0.39 is 0 Å². The van der Waals surface area contributed by atoms with E-state index in [4.69, 9.17) is 0 Å². The number of amides is 2. The van der Waals surface area contributed by atoms with Gasteiger partial charge in [0.25, 0.3) is 5.91 Å². The van der Waals surface area contributed by atoms with Crippen LogP contribution in [0.25, 0.3) is 0 Å². The lowest BCUT2D eigenvalue weighted by molar-refractivity contribution is -0.139. The topological polar surface area (TPSA) is 40.6 Å². The molecular weight excluding hydrogens is 216 g/mol. The second-order valence-electron chi connectivity index (χ2n) is 5.60. The molecule has 2 atom stereocenters. The first-order chi connectivity index (χ1) is 8.09. The summed E-state index contributed by atoms with van der Waals surface area (Å²) in [4.78, 5) is 28.0. The van der Waals surface area contributed by atoms with Crippen LogP contribution in [0, 0.1) is 11.8 Å². The van der Waals surface area contributed by atoms with Gasteiger partial charge in [-0.05, 0) is 39.3 Å². The Morgan fingerprint density at radius 3 is 2.76 bits per heavy atom. The minimum absolute atomic E-state index is 0.000880. The molecule has 1 saturated heterocycles. The number of nitrogens with zero attached hydrogens (tertiary/aromatic N) is 2. The summed E-state index contributed by atoms with van der Waals surface area (Å²) in [6, 6.07) is 0. The van der Waals surface area contributed by atoms with E-state index in [2.05, 4.69) is 0 Å². The molecule has 0 aromatic heterocycles. The Morgan fingerprint density at radius 1 is 1.35 bits per heavy atom. The smallest absolute Gasteiger partial charge is 0.257 e. The maximum atomic E-state index is 12.3. The Hall–Kier alpha value is -1.16. The summed E-state index contributed by atoms with van der Waals surface area (Å²) in [6.45, 7) is 1.28. The number of hydrogen-bond donors (Lipinski definition) is 0. The first-order valence-corrected chi connectivity index (χ1v) is 6.32. The first kappa shape index (κ1) is 11.0. The van der Waals surface area contributed by atoms with E-state index in [1.165, 1.54) is 10.5 Å². The second kappa shape index (κ2) is 3.67. The molecule has 92 valence electrons. The van der Waals surface area contributed by atoms with Crippen molar-refractivity contribution in [2.24, 2.45) is 11.8 Å². The van der Waals surface area contributed by atoms with Gasteiger partial charge in [-0.25, -0.2) is 0 Å². The Bertz CT molecular complexity index is 425. The SMILES string of the molecule is CN(C)CCN1C(=O)C2=C3CCC(C3)C2C1=O. The monoisotopic (exact) mass is 234 g/mol. The molecule has 4 nitrogen and oxygen atoms in total. The third-order valence-electron chi connectivity index (χ3n) is 4.27. The van der Waals surface area contributed by atoms with Crippen molar-refractivity contribution < 1.29 is 9.59 Å². The third kappa shape index (κ3) is 1.47. The zero-order chi connectivity index (χ0) is 12.2. The number of rotatable bonds is 3. The molecule has 2 aliphatic carbocycles. The molecule has 3 rings (SSSR count). The molecule has 0 aromatic carbocycles. The zero-order valence-electron chi connectivity index (χ0n) is 10.4. The lowest BCUT2D eigenvalue weighted by Gasteiger charge is -2.18. The van der Waals surface area contributed by atoms with Gasteiger partial charge >= 0.3 is 0 Å². The van der Waals surface area contributed by atoms with Crippen LogP contribution in [0.1, 0.15) is 19.3 Å². The van der Waals surface area contributed by atoms with Crippen LogP contribution < -0.4 is 0 Å². The van der Waals surface area contributed by atoms with Gasteiger partial charge in [-0.1, -0.05) is 5.57 Å². The van der Waals surface area contributed by atoms with E-state index in [0.717, 1.165) is 31.4 Å². The largest absolute Gasteiger partial charge is 0.308 e. The van der Waals surface area contributed by atoms with E-state index in [1.807, 2.05) is 19.0 Å². The lowest BCUT2D eigenvalue weighted by Crippen LogP contribution is -2.37. The normalized spacial score (nSPS) is 31.1. The summed E-state index contributed by atoms with van der Waals surface area (Å²) >= 11 is 0. The van der Waals surface area contributed by atoms with Gasteiger partial charge in [0.2, 0.25) is 5.91 Å². The van der Waals surface area contributed by atoms with E-state index in [0.29, 0.717) is 12.5 Å². The fourth-order valence-corrected chi connectivity index (χ4v) is 3.40. The van der Waals surface area contributed by atoms with Crippen molar-refractivity contribution in [3.8, 4) is 0 Å². The van der Waals surface area contributed by atoms with Crippen molar-refractivity contribution in [2.75, 3.05) is 27.2 Å². The molecule has 2 unspecified atom stereocenters. The summed E-state index contributed by atoms with van der Waals surface area (Å²) in [7, 11) is 3.91. The van der Waals surface area contributed by atoms with Gasteiger partial charge in [-0.2, -0.15) is 0 Å². The third-order valence-corrected chi connectivity index (χ3v) is 4.27. The molecule has 4 heteroatoms. The van der Waals surface area contributed by atoms with Gasteiger partial charge < -0.3 is 4.90 Å². The number of likely N-dealkylation sites (N-methyl/N-ethyl adjacent to an activating group) is 1. The Labute approximate surface area is 101 Å². The standard InChI is InChI=1S/C13H18N2O2/c1-14(2)5-6-15-12(16)10-8-3-4-9(7-8)11(10)13(15)17/h8,10H,3-7H2,1-2H3. The lowest BCUT2D eigenvalue weighted by atomic mass is 9.88. The average molecular weight is 234 g/mol. The Balaban J connectivity index is 1.84. The van der Waals surface area contributed by atoms with Crippen LogP contribution in [0.5, 0.6) is 0 Å². The summed E-state index contributed by atoms with van der Waals surface area (Å²) < 4.78 is 0. The minimum Gasteiger partial charge on any atom is -0.308 e. The number of hydrogen-bond acceptors (Lipinski definition) is 3. The average Bonchev–Trinajstić information content (AvgIpc) is 2.92. The molecule has 0 spiro atoms. The van der Waals surface area contributed by atoms with Crippen LogP contribution in [0.2, 0.25) is 0 Å². The van der Waals surface area contributed by atoms with E-state index in [9.17, 15) is 9.59 Å². The molecule has 3 aliphatic rings. The van der Waals surface area contributed by atoms with Gasteiger partial charge in [0, 0.05) is 18.7 Å². The molecule has 0 N–H and O–H groups in total. The van der Waals surface area contributed by atoms with Gasteiger partial charge in [0.15, 0.2) is 0 Å². The van der Waals surface area contributed by atoms with Gasteiger partial charge in [0.05, 0.1) is 5.92 Å². The van der Waals surface area contributed by atoms with Crippen LogP contribution >= 0.6 is 0 Å². The number of allylic oxidation sites excluding steroid dienone is 1. The summed E-state index contributed by atoms with van der Waals surface area (Å²) in [5.74, 6) is 0.416. The van der Waals surface area contributed by atoms with Crippen LogP contribution in [0.3, 0.4) is 0 Å². The van der Waals surface area contributed by atoms with Crippen LogP contribution in [-0.2, 0) is 9.59 Å². The first-order valence-electron chi connectivity index (χ1n) is 6.32. The van der Waals surface area contributed by atoms with Crippen molar-refractivity contribution >= 4 is 11.8 Å². The number of fused-ring (bicyclic) bond motifs is 4. The van der Waals surface area contributed by atoms with Crippen LogP contribution in [-0.4, -0.2) is 48.8 Å². The summed E-state index contributed by atoms with van der Waals surface area (Å²) in [5.41, 5.74) is 2.13. The Kier molecular flexibility index (Phi) is 2.36. The number of carbonyl (C=O) groups is 2. The molecule has 1 heterocycles. The van der Waals surface area contributed by atoms with Crippen LogP contribution in [0.15, 0.2) is 11.1 Å². The molecular formula is C13H18N2O2. The predicted molar refractivity (Wildman–Crippen MR) is 63.1 cm³/mol. The van der Waals surface area contributed by atoms with Crippen LogP contribution in [0.4, 0.5) is 0 Å². The predicted octanol–water partition coefficient (Wildman–Crippen LogP) is 0.643. The van der Waals surface area contributed by atoms with Gasteiger partial charge in [0.1, 0.15) is 0 Å². The van der Waals surface area contributed by atoms with E-state index in [-0.39, 0.29) is 17.7 Å². The number of carbonyl (C=O) groups excluding carboxylic acids is 2. The van der Waals surface area contributed by atoms with Crippen molar-refractivity contribution in [3.05, 3.63) is 11.1 Å². The minimum atomic E-state index is -0.0755. The molecule has 1 aliphatic heterocycles. The highest BCUT2D eigenvalue weighted by molar-refractivity contribution is 6.16. The van der Waals surface area contributed by atoms with Crippen molar-refractivity contribution in [3.63, 3.8) is 0 Å². The van der Waals surface area contributed by atoms with Gasteiger partial charge in [-0.15, -0.1) is 0 Å². The van der Waals surface area contributed by atoms with Crippen molar-refractivity contribution in [1.29, 1.82) is 0 Å².